The third-order valence-corrected chi connectivity index (χ3v) is 5.91. The van der Waals surface area contributed by atoms with Gasteiger partial charge in [-0.3, -0.25) is 9.59 Å². The van der Waals surface area contributed by atoms with Crippen molar-refractivity contribution in [2.75, 3.05) is 6.54 Å². The molecule has 4 rings (SSSR count). The molecule has 162 valence electrons. The molecule has 0 saturated carbocycles. The number of nitrogens with zero attached hydrogens (tertiary/aromatic N) is 2. The Kier molecular flexibility index (Phi) is 6.32. The highest BCUT2D eigenvalue weighted by Gasteiger charge is 2.30. The average molecular weight is 420 g/mol. The summed E-state index contributed by atoms with van der Waals surface area (Å²) in [7, 11) is 1.95. The van der Waals surface area contributed by atoms with Crippen LogP contribution in [0.4, 0.5) is 0 Å². The van der Waals surface area contributed by atoms with Crippen LogP contribution in [0.3, 0.4) is 0 Å². The van der Waals surface area contributed by atoms with E-state index in [2.05, 4.69) is 33.1 Å². The Morgan fingerprint density at radius 1 is 1.19 bits per heavy atom. The third kappa shape index (κ3) is 5.11. The van der Waals surface area contributed by atoms with Gasteiger partial charge in [-0.1, -0.05) is 36.4 Å². The van der Waals surface area contributed by atoms with Crippen molar-refractivity contribution < 1.29 is 9.59 Å². The molecule has 3 aromatic rings. The highest BCUT2D eigenvalue weighted by Crippen LogP contribution is 2.19. The molecule has 3 N–H and O–H groups in total. The van der Waals surface area contributed by atoms with E-state index in [4.69, 9.17) is 0 Å². The first-order valence-corrected chi connectivity index (χ1v) is 10.7. The van der Waals surface area contributed by atoms with E-state index in [1.165, 1.54) is 5.56 Å². The zero-order chi connectivity index (χ0) is 21.8. The standard InChI is InChI=1S/C24H29N5O2/c1-16(23(30)26-13-18-8-9-22-20(11-18)27-15-29(22)2)28-24(31)21-12-19(14-25-21)10-17-6-4-3-5-7-17/h3-9,11,15-16,19,21,25H,10,12-14H2,1-2H3,(H,26,30)(H,28,31)/t16-,19-,21+/m0/s1. The van der Waals surface area contributed by atoms with Gasteiger partial charge in [-0.2, -0.15) is 0 Å². The van der Waals surface area contributed by atoms with Gasteiger partial charge in [0.25, 0.3) is 0 Å². The molecule has 0 radical (unpaired) electrons. The van der Waals surface area contributed by atoms with Crippen LogP contribution in [-0.2, 0) is 29.6 Å². The van der Waals surface area contributed by atoms with Gasteiger partial charge in [-0.05, 0) is 55.5 Å². The maximum Gasteiger partial charge on any atom is 0.242 e. The lowest BCUT2D eigenvalue weighted by Crippen LogP contribution is -2.49. The Hall–Kier alpha value is -3.19. The number of carbonyl (C=O) groups excluding carboxylic acids is 2. The highest BCUT2D eigenvalue weighted by molar-refractivity contribution is 5.89. The molecule has 0 unspecified atom stereocenters. The lowest BCUT2D eigenvalue weighted by atomic mass is 9.96. The second-order valence-corrected chi connectivity index (χ2v) is 8.38. The fourth-order valence-corrected chi connectivity index (χ4v) is 4.13. The van der Waals surface area contributed by atoms with Gasteiger partial charge in [0, 0.05) is 13.6 Å². The van der Waals surface area contributed by atoms with Gasteiger partial charge in [0.2, 0.25) is 11.8 Å². The SMILES string of the molecule is C[C@H](NC(=O)[C@H]1C[C@H](Cc2ccccc2)CN1)C(=O)NCc1ccc2c(c1)ncn2C. The molecule has 0 spiro atoms. The number of imidazole rings is 1. The van der Waals surface area contributed by atoms with Crippen molar-refractivity contribution in [3.8, 4) is 0 Å². The van der Waals surface area contributed by atoms with E-state index in [9.17, 15) is 9.59 Å². The molecule has 0 aliphatic carbocycles. The van der Waals surface area contributed by atoms with E-state index in [-0.39, 0.29) is 17.9 Å². The van der Waals surface area contributed by atoms with Crippen LogP contribution in [0.15, 0.2) is 54.9 Å². The van der Waals surface area contributed by atoms with Gasteiger partial charge < -0.3 is 20.5 Å². The van der Waals surface area contributed by atoms with Crippen molar-refractivity contribution >= 4 is 22.8 Å². The Morgan fingerprint density at radius 2 is 2.00 bits per heavy atom. The zero-order valence-corrected chi connectivity index (χ0v) is 18.0. The molecule has 7 nitrogen and oxygen atoms in total. The van der Waals surface area contributed by atoms with Gasteiger partial charge in [-0.25, -0.2) is 4.98 Å². The Morgan fingerprint density at radius 3 is 2.81 bits per heavy atom. The normalized spacial score (nSPS) is 19.3. The lowest BCUT2D eigenvalue weighted by Gasteiger charge is -2.17. The first-order valence-electron chi connectivity index (χ1n) is 10.7. The number of hydrogen-bond donors (Lipinski definition) is 3. The smallest absolute Gasteiger partial charge is 0.242 e. The molecule has 7 heteroatoms. The maximum atomic E-state index is 12.6. The fraction of sp³-hybridized carbons (Fsp3) is 0.375. The minimum Gasteiger partial charge on any atom is -0.350 e. The van der Waals surface area contributed by atoms with Gasteiger partial charge in [-0.15, -0.1) is 0 Å². The van der Waals surface area contributed by atoms with Crippen molar-refractivity contribution in [1.82, 2.24) is 25.5 Å². The summed E-state index contributed by atoms with van der Waals surface area (Å²) in [5.41, 5.74) is 4.20. The van der Waals surface area contributed by atoms with E-state index in [0.717, 1.165) is 36.0 Å². The molecule has 31 heavy (non-hydrogen) atoms. The molecule has 3 atom stereocenters. The second kappa shape index (κ2) is 9.31. The summed E-state index contributed by atoms with van der Waals surface area (Å²) in [6.45, 7) is 2.92. The molecule has 2 heterocycles. The van der Waals surface area contributed by atoms with Crippen LogP contribution in [0, 0.1) is 5.92 Å². The fourth-order valence-electron chi connectivity index (χ4n) is 4.13. The quantitative estimate of drug-likeness (QED) is 0.546. The van der Waals surface area contributed by atoms with E-state index in [1.54, 1.807) is 13.3 Å². The first-order chi connectivity index (χ1) is 15.0. The van der Waals surface area contributed by atoms with Crippen molar-refractivity contribution in [1.29, 1.82) is 0 Å². The minimum atomic E-state index is -0.596. The number of carbonyl (C=O) groups is 2. The largest absolute Gasteiger partial charge is 0.350 e. The Labute approximate surface area is 182 Å². The van der Waals surface area contributed by atoms with Crippen molar-refractivity contribution in [3.63, 3.8) is 0 Å². The first kappa shape index (κ1) is 21.1. The van der Waals surface area contributed by atoms with E-state index in [1.807, 2.05) is 48.0 Å². The summed E-state index contributed by atoms with van der Waals surface area (Å²) >= 11 is 0. The molecule has 2 aromatic carbocycles. The summed E-state index contributed by atoms with van der Waals surface area (Å²) in [4.78, 5) is 29.4. The lowest BCUT2D eigenvalue weighted by molar-refractivity contribution is -0.129. The van der Waals surface area contributed by atoms with Crippen LogP contribution < -0.4 is 16.0 Å². The number of aromatic nitrogens is 2. The molecule has 1 fully saturated rings. The Balaban J connectivity index is 1.24. The number of amides is 2. The summed E-state index contributed by atoms with van der Waals surface area (Å²) in [5.74, 6) is 0.102. The summed E-state index contributed by atoms with van der Waals surface area (Å²) in [5, 5.41) is 9.04. The summed E-state index contributed by atoms with van der Waals surface area (Å²) in [6, 6.07) is 15.4. The van der Waals surface area contributed by atoms with Crippen LogP contribution in [0.5, 0.6) is 0 Å². The summed E-state index contributed by atoms with van der Waals surface area (Å²) < 4.78 is 1.96. The third-order valence-electron chi connectivity index (χ3n) is 5.91. The topological polar surface area (TPSA) is 88.1 Å². The van der Waals surface area contributed by atoms with Crippen molar-refractivity contribution in [2.24, 2.45) is 13.0 Å². The minimum absolute atomic E-state index is 0.117. The van der Waals surface area contributed by atoms with Crippen molar-refractivity contribution in [2.45, 2.75) is 38.4 Å². The monoisotopic (exact) mass is 419 g/mol. The van der Waals surface area contributed by atoms with E-state index < -0.39 is 6.04 Å². The number of benzene rings is 2. The molecular formula is C24H29N5O2. The molecule has 1 aliphatic rings. The Bertz CT molecular complexity index is 1060. The number of rotatable bonds is 7. The molecule has 0 bridgehead atoms. The van der Waals surface area contributed by atoms with E-state index in [0.29, 0.717) is 12.5 Å². The van der Waals surface area contributed by atoms with Crippen LogP contribution in [-0.4, -0.2) is 40.0 Å². The van der Waals surface area contributed by atoms with Gasteiger partial charge in [0.05, 0.1) is 23.4 Å². The average Bonchev–Trinajstić information content (AvgIpc) is 3.39. The van der Waals surface area contributed by atoms with Crippen LogP contribution in [0.1, 0.15) is 24.5 Å². The number of nitrogens with one attached hydrogen (secondary N) is 3. The molecule has 1 aliphatic heterocycles. The maximum absolute atomic E-state index is 12.6. The van der Waals surface area contributed by atoms with Crippen LogP contribution in [0.2, 0.25) is 0 Å². The zero-order valence-electron chi connectivity index (χ0n) is 18.0. The molecular weight excluding hydrogens is 390 g/mol. The summed E-state index contributed by atoms with van der Waals surface area (Å²) in [6.07, 6.45) is 3.50. The van der Waals surface area contributed by atoms with E-state index >= 15 is 0 Å². The number of hydrogen-bond acceptors (Lipinski definition) is 4. The predicted octanol–water partition coefficient (Wildman–Crippen LogP) is 1.91. The van der Waals surface area contributed by atoms with Gasteiger partial charge in [0.1, 0.15) is 6.04 Å². The van der Waals surface area contributed by atoms with Gasteiger partial charge >= 0.3 is 0 Å². The molecule has 1 aromatic heterocycles. The number of aryl methyl sites for hydroxylation is 1. The predicted molar refractivity (Wildman–Crippen MR) is 120 cm³/mol. The van der Waals surface area contributed by atoms with Crippen LogP contribution in [0.25, 0.3) is 11.0 Å². The van der Waals surface area contributed by atoms with Gasteiger partial charge in [0.15, 0.2) is 0 Å². The highest BCUT2D eigenvalue weighted by atomic mass is 16.2. The van der Waals surface area contributed by atoms with Crippen molar-refractivity contribution in [3.05, 3.63) is 66.0 Å². The number of fused-ring (bicyclic) bond motifs is 1. The second-order valence-electron chi connectivity index (χ2n) is 8.38. The molecule has 2 amide bonds. The molecule has 1 saturated heterocycles. The van der Waals surface area contributed by atoms with Crippen LogP contribution >= 0.6 is 0 Å².